The zero-order valence-electron chi connectivity index (χ0n) is 25.6. The number of rotatable bonds is 13. The van der Waals surface area contributed by atoms with Crippen LogP contribution in [0.25, 0.3) is 5.69 Å². The largest absolute Gasteiger partial charge is 0.490 e. The first-order valence-electron chi connectivity index (χ1n) is 14.5. The van der Waals surface area contributed by atoms with Crippen LogP contribution >= 0.6 is 0 Å². The van der Waals surface area contributed by atoms with Gasteiger partial charge in [0.2, 0.25) is 0 Å². The third-order valence-electron chi connectivity index (χ3n) is 6.75. The molecule has 0 saturated carbocycles. The summed E-state index contributed by atoms with van der Waals surface area (Å²) in [6, 6.07) is 25.7. The fourth-order valence-corrected chi connectivity index (χ4v) is 4.62. The summed E-state index contributed by atoms with van der Waals surface area (Å²) < 4.78 is 38.3. The lowest BCUT2D eigenvalue weighted by molar-refractivity contribution is -0.118. The van der Waals surface area contributed by atoms with Gasteiger partial charge in [-0.05, 0) is 111 Å². The molecule has 11 heteroatoms. The number of hydrogen-bond acceptors (Lipinski definition) is 7. The van der Waals surface area contributed by atoms with E-state index in [1.807, 2.05) is 31.2 Å². The van der Waals surface area contributed by atoms with E-state index in [1.54, 1.807) is 36.4 Å². The maximum Gasteiger partial charge on any atom is 0.307 e. The smallest absolute Gasteiger partial charge is 0.307 e. The Morgan fingerprint density at radius 3 is 2.41 bits per heavy atom. The van der Waals surface area contributed by atoms with E-state index in [0.717, 1.165) is 17.1 Å². The molecule has 0 atom stereocenters. The van der Waals surface area contributed by atoms with Crippen LogP contribution in [-0.4, -0.2) is 35.8 Å². The van der Waals surface area contributed by atoms with Crippen LogP contribution in [0.1, 0.15) is 40.2 Å². The highest BCUT2D eigenvalue weighted by Gasteiger charge is 2.13. The van der Waals surface area contributed by atoms with E-state index < -0.39 is 17.6 Å². The van der Waals surface area contributed by atoms with Crippen molar-refractivity contribution in [3.05, 3.63) is 125 Å². The molecule has 0 fully saturated rings. The minimum Gasteiger partial charge on any atom is -0.490 e. The SMILES string of the molecule is CCOc1cc(/C=N/NC(=O)c2ccc(COc3ccc(-n4c(C)ccc4C)cc3)o2)ccc1OCC(=O)Nc1cccc(F)c1. The number of ether oxygens (including phenoxy) is 3. The van der Waals surface area contributed by atoms with Gasteiger partial charge in [0.15, 0.2) is 23.9 Å². The van der Waals surface area contributed by atoms with Gasteiger partial charge in [0.25, 0.3) is 5.91 Å². The lowest BCUT2D eigenvalue weighted by atomic mass is 10.2. The minimum atomic E-state index is -0.529. The minimum absolute atomic E-state index is 0.0833. The molecule has 236 valence electrons. The van der Waals surface area contributed by atoms with E-state index >= 15 is 0 Å². The predicted octanol–water partition coefficient (Wildman–Crippen LogP) is 6.59. The Balaban J connectivity index is 1.11. The summed E-state index contributed by atoms with van der Waals surface area (Å²) >= 11 is 0. The number of hydrogen-bond donors (Lipinski definition) is 2. The zero-order valence-corrected chi connectivity index (χ0v) is 25.6. The van der Waals surface area contributed by atoms with Crippen LogP contribution in [0.5, 0.6) is 17.2 Å². The van der Waals surface area contributed by atoms with Gasteiger partial charge in [0.05, 0.1) is 12.8 Å². The lowest BCUT2D eigenvalue weighted by Crippen LogP contribution is -2.20. The van der Waals surface area contributed by atoms with Crippen molar-refractivity contribution in [2.24, 2.45) is 5.10 Å². The second-order valence-corrected chi connectivity index (χ2v) is 10.2. The highest BCUT2D eigenvalue weighted by Crippen LogP contribution is 2.28. The first-order valence-corrected chi connectivity index (χ1v) is 14.5. The predicted molar refractivity (Wildman–Crippen MR) is 171 cm³/mol. The summed E-state index contributed by atoms with van der Waals surface area (Å²) in [6.07, 6.45) is 1.44. The van der Waals surface area contributed by atoms with E-state index in [-0.39, 0.29) is 19.0 Å². The summed E-state index contributed by atoms with van der Waals surface area (Å²) in [7, 11) is 0. The molecule has 0 spiro atoms. The molecular weight excluding hydrogens is 591 g/mol. The van der Waals surface area contributed by atoms with Crippen molar-refractivity contribution < 1.29 is 32.6 Å². The number of nitrogens with zero attached hydrogens (tertiary/aromatic N) is 2. The number of hydrazone groups is 1. The fraction of sp³-hybridized carbons (Fsp3) is 0.171. The Morgan fingerprint density at radius 1 is 0.891 bits per heavy atom. The standard InChI is InChI=1S/C35H33FN4O6/c1-4-43-33-18-25(10-16-31(33)45-22-34(41)38-27-7-5-6-26(36)19-27)20-37-39-35(42)32-17-15-30(46-32)21-44-29-13-11-28(12-14-29)40-23(2)8-9-24(40)3/h5-20H,4,21-22H2,1-3H3,(H,38,41)(H,39,42)/b37-20+. The number of aryl methyl sites for hydroxylation is 2. The highest BCUT2D eigenvalue weighted by atomic mass is 19.1. The van der Waals surface area contributed by atoms with Crippen LogP contribution in [0.15, 0.2) is 101 Å². The van der Waals surface area contributed by atoms with Crippen molar-refractivity contribution in [3.8, 4) is 22.9 Å². The second-order valence-electron chi connectivity index (χ2n) is 10.2. The average molecular weight is 625 g/mol. The summed E-state index contributed by atoms with van der Waals surface area (Å²) in [5.41, 5.74) is 6.73. The normalized spacial score (nSPS) is 11.0. The molecule has 0 aliphatic heterocycles. The van der Waals surface area contributed by atoms with Gasteiger partial charge in [0.1, 0.15) is 23.9 Å². The van der Waals surface area contributed by atoms with E-state index in [2.05, 4.69) is 46.4 Å². The lowest BCUT2D eigenvalue weighted by Gasteiger charge is -2.12. The van der Waals surface area contributed by atoms with Crippen LogP contribution in [0.2, 0.25) is 0 Å². The number of furan rings is 1. The third kappa shape index (κ3) is 8.20. The summed E-state index contributed by atoms with van der Waals surface area (Å²) in [6.45, 7) is 6.13. The van der Waals surface area contributed by atoms with Gasteiger partial charge in [-0.1, -0.05) is 6.07 Å². The molecule has 0 aliphatic rings. The van der Waals surface area contributed by atoms with Crippen molar-refractivity contribution in [2.45, 2.75) is 27.4 Å². The zero-order chi connectivity index (χ0) is 32.5. The molecule has 2 heterocycles. The Kier molecular flexibility index (Phi) is 10.1. The average Bonchev–Trinajstić information content (AvgIpc) is 3.66. The van der Waals surface area contributed by atoms with Gasteiger partial charge >= 0.3 is 5.91 Å². The number of nitrogens with one attached hydrogen (secondary N) is 2. The number of amides is 2. The Hall–Kier alpha value is -5.84. The molecular formula is C35H33FN4O6. The van der Waals surface area contributed by atoms with Crippen LogP contribution in [0.3, 0.4) is 0 Å². The maximum absolute atomic E-state index is 13.4. The second kappa shape index (κ2) is 14.8. The third-order valence-corrected chi connectivity index (χ3v) is 6.75. The van der Waals surface area contributed by atoms with Gasteiger partial charge in [-0.15, -0.1) is 0 Å². The summed E-state index contributed by atoms with van der Waals surface area (Å²) in [5, 5.41) is 6.58. The first-order chi connectivity index (χ1) is 22.3. The number of carbonyl (C=O) groups is 2. The molecule has 0 saturated heterocycles. The molecule has 10 nitrogen and oxygen atoms in total. The Morgan fingerprint density at radius 2 is 1.67 bits per heavy atom. The number of halogens is 1. The summed E-state index contributed by atoms with van der Waals surface area (Å²) in [5.74, 6) is 0.521. The molecule has 0 radical (unpaired) electrons. The first kappa shape index (κ1) is 31.6. The van der Waals surface area contributed by atoms with Gasteiger partial charge in [-0.2, -0.15) is 5.10 Å². The Bertz CT molecular complexity index is 1820. The molecule has 46 heavy (non-hydrogen) atoms. The number of anilines is 1. The maximum atomic E-state index is 13.4. The van der Waals surface area contributed by atoms with Gasteiger partial charge in [-0.25, -0.2) is 9.82 Å². The van der Waals surface area contributed by atoms with Crippen molar-refractivity contribution in [1.29, 1.82) is 0 Å². The van der Waals surface area contributed by atoms with E-state index in [9.17, 15) is 14.0 Å². The van der Waals surface area contributed by atoms with Crippen LogP contribution in [-0.2, 0) is 11.4 Å². The molecule has 2 aromatic heterocycles. The number of aromatic nitrogens is 1. The molecule has 2 amide bonds. The Labute approximate surface area is 265 Å². The fourth-order valence-electron chi connectivity index (χ4n) is 4.62. The van der Waals surface area contributed by atoms with E-state index in [0.29, 0.717) is 40.9 Å². The number of benzene rings is 3. The molecule has 3 aromatic carbocycles. The van der Waals surface area contributed by atoms with Crippen LogP contribution < -0.4 is 25.0 Å². The molecule has 5 rings (SSSR count). The van der Waals surface area contributed by atoms with Gasteiger partial charge in [-0.3, -0.25) is 9.59 Å². The van der Waals surface area contributed by atoms with Crippen molar-refractivity contribution in [2.75, 3.05) is 18.5 Å². The van der Waals surface area contributed by atoms with Crippen molar-refractivity contribution >= 4 is 23.7 Å². The molecule has 0 aliphatic carbocycles. The monoisotopic (exact) mass is 624 g/mol. The molecule has 5 aromatic rings. The summed E-state index contributed by atoms with van der Waals surface area (Å²) in [4.78, 5) is 24.8. The highest BCUT2D eigenvalue weighted by molar-refractivity contribution is 5.93. The number of carbonyl (C=O) groups excluding carboxylic acids is 2. The van der Waals surface area contributed by atoms with Gasteiger partial charge in [0, 0.05) is 22.8 Å². The van der Waals surface area contributed by atoms with E-state index in [1.165, 1.54) is 24.4 Å². The van der Waals surface area contributed by atoms with E-state index in [4.69, 9.17) is 18.6 Å². The van der Waals surface area contributed by atoms with Crippen molar-refractivity contribution in [1.82, 2.24) is 9.99 Å². The molecule has 0 unspecified atom stereocenters. The van der Waals surface area contributed by atoms with Crippen LogP contribution in [0.4, 0.5) is 10.1 Å². The topological polar surface area (TPSA) is 116 Å². The quantitative estimate of drug-likeness (QED) is 0.113. The van der Waals surface area contributed by atoms with Crippen molar-refractivity contribution in [3.63, 3.8) is 0 Å². The van der Waals surface area contributed by atoms with Gasteiger partial charge < -0.3 is 28.5 Å². The van der Waals surface area contributed by atoms with Crippen LogP contribution in [0, 0.1) is 19.7 Å². The molecule has 0 bridgehead atoms. The molecule has 2 N–H and O–H groups in total.